The van der Waals surface area contributed by atoms with Crippen molar-refractivity contribution < 1.29 is 8.91 Å². The van der Waals surface area contributed by atoms with Gasteiger partial charge in [-0.2, -0.15) is 4.98 Å². The van der Waals surface area contributed by atoms with Gasteiger partial charge in [-0.15, -0.1) is 0 Å². The lowest BCUT2D eigenvalue weighted by Crippen LogP contribution is -2.10. The Morgan fingerprint density at radius 1 is 1.42 bits per heavy atom. The number of hydrogen-bond acceptors (Lipinski definition) is 6. The van der Waals surface area contributed by atoms with Crippen molar-refractivity contribution in [1.82, 2.24) is 10.1 Å². The summed E-state index contributed by atoms with van der Waals surface area (Å²) in [7, 11) is 0. The lowest BCUT2D eigenvalue weighted by Gasteiger charge is -2.12. The lowest BCUT2D eigenvalue weighted by molar-refractivity contribution is 0.377. The number of hydrogen-bond donors (Lipinski definition) is 3. The van der Waals surface area contributed by atoms with E-state index in [2.05, 4.69) is 15.5 Å². The van der Waals surface area contributed by atoms with Crippen molar-refractivity contribution in [2.45, 2.75) is 13.3 Å². The van der Waals surface area contributed by atoms with Crippen LogP contribution in [0, 0.1) is 12.7 Å². The molecule has 19 heavy (non-hydrogen) atoms. The first-order chi connectivity index (χ1) is 8.99. The van der Waals surface area contributed by atoms with Crippen LogP contribution in [0.5, 0.6) is 0 Å². The highest BCUT2D eigenvalue weighted by molar-refractivity contribution is 6.33. The van der Waals surface area contributed by atoms with Crippen molar-refractivity contribution in [3.63, 3.8) is 0 Å². The number of rotatable bonds is 4. The maximum absolute atomic E-state index is 13.8. The van der Waals surface area contributed by atoms with Gasteiger partial charge in [-0.05, 0) is 13.0 Å². The molecule has 8 heteroatoms. The Kier molecular flexibility index (Phi) is 3.75. The summed E-state index contributed by atoms with van der Waals surface area (Å²) in [6.07, 6.45) is 0.446. The summed E-state index contributed by atoms with van der Waals surface area (Å²) in [5.74, 6) is 0.350. The first-order valence-electron chi connectivity index (χ1n) is 5.55. The average Bonchev–Trinajstić information content (AvgIpc) is 2.77. The molecular formula is C11H13ClFN5O. The van der Waals surface area contributed by atoms with Gasteiger partial charge in [0.25, 0.3) is 0 Å². The van der Waals surface area contributed by atoms with E-state index in [9.17, 15) is 4.39 Å². The van der Waals surface area contributed by atoms with E-state index >= 15 is 0 Å². The molecule has 0 atom stereocenters. The molecule has 2 aromatic rings. The fourth-order valence-electron chi connectivity index (χ4n) is 1.58. The molecule has 0 aliphatic carbocycles. The van der Waals surface area contributed by atoms with Crippen LogP contribution in [0.25, 0.3) is 0 Å². The minimum Gasteiger partial charge on any atom is -0.397 e. The quantitative estimate of drug-likeness (QED) is 0.742. The average molecular weight is 286 g/mol. The van der Waals surface area contributed by atoms with Gasteiger partial charge in [-0.1, -0.05) is 16.8 Å². The van der Waals surface area contributed by atoms with Crippen molar-refractivity contribution in [3.05, 3.63) is 28.6 Å². The van der Waals surface area contributed by atoms with Crippen LogP contribution in [0.15, 0.2) is 10.6 Å². The van der Waals surface area contributed by atoms with Gasteiger partial charge in [0.1, 0.15) is 5.02 Å². The Labute approximate surface area is 113 Å². The van der Waals surface area contributed by atoms with E-state index in [1.165, 1.54) is 6.07 Å². The first-order valence-corrected chi connectivity index (χ1v) is 5.93. The van der Waals surface area contributed by atoms with Crippen LogP contribution >= 0.6 is 11.6 Å². The van der Waals surface area contributed by atoms with Crippen LogP contribution in [-0.2, 0) is 6.42 Å². The van der Waals surface area contributed by atoms with Gasteiger partial charge in [0.15, 0.2) is 11.6 Å². The zero-order valence-electron chi connectivity index (χ0n) is 10.2. The number of nitrogens with two attached hydrogens (primary N) is 2. The first kappa shape index (κ1) is 13.4. The molecule has 0 saturated heterocycles. The zero-order valence-corrected chi connectivity index (χ0v) is 11.0. The summed E-state index contributed by atoms with van der Waals surface area (Å²) in [5, 5.41) is 6.34. The summed E-state index contributed by atoms with van der Waals surface area (Å²) in [5.41, 5.74) is 11.6. The predicted molar refractivity (Wildman–Crippen MR) is 71.5 cm³/mol. The molecule has 0 fully saturated rings. The maximum atomic E-state index is 13.8. The molecule has 0 amide bonds. The largest absolute Gasteiger partial charge is 0.397 e. The second kappa shape index (κ2) is 5.31. The molecule has 1 aromatic carbocycles. The van der Waals surface area contributed by atoms with E-state index in [1.807, 2.05) is 0 Å². The number of benzene rings is 1. The second-order valence-electron chi connectivity index (χ2n) is 3.97. The van der Waals surface area contributed by atoms with E-state index in [0.717, 1.165) is 0 Å². The smallest absolute Gasteiger partial charge is 0.228 e. The van der Waals surface area contributed by atoms with Gasteiger partial charge in [-0.3, -0.25) is 0 Å². The summed E-state index contributed by atoms with van der Waals surface area (Å²) in [6, 6.07) is 1.41. The van der Waals surface area contributed by atoms with Crippen molar-refractivity contribution >= 4 is 28.7 Å². The standard InChI is InChI=1S/C11H13ClFN5O/c1-5-17-8(19-18-5)2-3-16-11-7(15)4-6(14)9(12)10(11)13/h4,16H,2-3,14-15H2,1H3. The molecule has 1 heterocycles. The van der Waals surface area contributed by atoms with Gasteiger partial charge in [0, 0.05) is 13.0 Å². The number of aryl methyl sites for hydroxylation is 1. The maximum Gasteiger partial charge on any atom is 0.228 e. The monoisotopic (exact) mass is 285 g/mol. The third kappa shape index (κ3) is 2.87. The van der Waals surface area contributed by atoms with Crippen LogP contribution in [-0.4, -0.2) is 16.7 Å². The highest BCUT2D eigenvalue weighted by Gasteiger charge is 2.14. The molecule has 0 radical (unpaired) electrons. The van der Waals surface area contributed by atoms with Gasteiger partial charge in [0.05, 0.1) is 17.1 Å². The Balaban J connectivity index is 2.05. The molecule has 102 valence electrons. The van der Waals surface area contributed by atoms with Gasteiger partial charge >= 0.3 is 0 Å². The Hall–Kier alpha value is -2.02. The summed E-state index contributed by atoms with van der Waals surface area (Å²) in [4.78, 5) is 4.03. The highest BCUT2D eigenvalue weighted by Crippen LogP contribution is 2.33. The van der Waals surface area contributed by atoms with Gasteiger partial charge in [-0.25, -0.2) is 4.39 Å². The normalized spacial score (nSPS) is 10.7. The minimum absolute atomic E-state index is 0.106. The molecule has 2 rings (SSSR count). The molecular weight excluding hydrogens is 273 g/mol. The van der Waals surface area contributed by atoms with E-state index in [-0.39, 0.29) is 22.1 Å². The SMILES string of the molecule is Cc1noc(CCNc2c(N)cc(N)c(Cl)c2F)n1. The fourth-order valence-corrected chi connectivity index (χ4v) is 1.73. The summed E-state index contributed by atoms with van der Waals surface area (Å²) in [6.45, 7) is 2.10. The zero-order chi connectivity index (χ0) is 14.0. The van der Waals surface area contributed by atoms with Crippen molar-refractivity contribution in [1.29, 1.82) is 0 Å². The topological polar surface area (TPSA) is 103 Å². The molecule has 1 aromatic heterocycles. The number of nitrogens with one attached hydrogen (secondary N) is 1. The molecule has 0 bridgehead atoms. The van der Waals surface area contributed by atoms with Crippen molar-refractivity contribution in [2.75, 3.05) is 23.3 Å². The van der Waals surface area contributed by atoms with Gasteiger partial charge in [0.2, 0.25) is 5.89 Å². The van der Waals surface area contributed by atoms with E-state index < -0.39 is 5.82 Å². The van der Waals surface area contributed by atoms with E-state index in [4.69, 9.17) is 27.6 Å². The number of nitrogens with zero attached hydrogens (tertiary/aromatic N) is 2. The Bertz CT molecular complexity index is 601. The van der Waals surface area contributed by atoms with Crippen molar-refractivity contribution in [3.8, 4) is 0 Å². The number of anilines is 3. The second-order valence-corrected chi connectivity index (χ2v) is 4.35. The highest BCUT2D eigenvalue weighted by atomic mass is 35.5. The number of halogens is 2. The van der Waals surface area contributed by atoms with Crippen molar-refractivity contribution in [2.24, 2.45) is 0 Å². The van der Waals surface area contributed by atoms with E-state index in [1.54, 1.807) is 6.92 Å². The van der Waals surface area contributed by atoms with Crippen LogP contribution in [0.2, 0.25) is 5.02 Å². The molecule has 6 nitrogen and oxygen atoms in total. The minimum atomic E-state index is -0.666. The molecule has 0 aliphatic rings. The van der Waals surface area contributed by atoms with Crippen LogP contribution in [0.1, 0.15) is 11.7 Å². The Morgan fingerprint density at radius 3 is 2.79 bits per heavy atom. The lowest BCUT2D eigenvalue weighted by atomic mass is 10.2. The Morgan fingerprint density at radius 2 is 2.16 bits per heavy atom. The fraction of sp³-hybridized carbons (Fsp3) is 0.273. The molecule has 0 saturated carbocycles. The van der Waals surface area contributed by atoms with E-state index in [0.29, 0.717) is 24.7 Å². The molecule has 0 aliphatic heterocycles. The number of aromatic nitrogens is 2. The summed E-state index contributed by atoms with van der Waals surface area (Å²) >= 11 is 5.72. The number of nitrogen functional groups attached to an aromatic ring is 2. The molecule has 0 spiro atoms. The van der Waals surface area contributed by atoms with Crippen LogP contribution < -0.4 is 16.8 Å². The molecule has 0 unspecified atom stereocenters. The predicted octanol–water partition coefficient (Wildman–Crippen LogP) is 1.99. The summed E-state index contributed by atoms with van der Waals surface area (Å²) < 4.78 is 18.8. The third-order valence-electron chi connectivity index (χ3n) is 2.48. The third-order valence-corrected chi connectivity index (χ3v) is 2.86. The van der Waals surface area contributed by atoms with Gasteiger partial charge < -0.3 is 21.3 Å². The van der Waals surface area contributed by atoms with Crippen LogP contribution in [0.4, 0.5) is 21.5 Å². The molecule has 5 N–H and O–H groups in total. The van der Waals surface area contributed by atoms with Crippen LogP contribution in [0.3, 0.4) is 0 Å².